The molecule has 1 atom stereocenters. The Morgan fingerprint density at radius 3 is 2.30 bits per heavy atom. The van der Waals surface area contributed by atoms with E-state index in [-0.39, 0.29) is 36.8 Å². The third-order valence-corrected chi connectivity index (χ3v) is 6.01. The molecule has 1 N–H and O–H groups in total. The summed E-state index contributed by atoms with van der Waals surface area (Å²) in [6, 6.07) is 11.9. The summed E-state index contributed by atoms with van der Waals surface area (Å²) in [5.74, 6) is 1.61. The maximum atomic E-state index is 10.6. The molecule has 0 spiro atoms. The number of nitrogens with zero attached hydrogens (tertiary/aromatic N) is 2. The molecule has 1 aliphatic heterocycles. The summed E-state index contributed by atoms with van der Waals surface area (Å²) >= 11 is 6.18. The molecule has 1 unspecified atom stereocenters. The number of hydrogen-bond donors (Lipinski definition) is 1. The monoisotopic (exact) mass is 518 g/mol. The largest absolute Gasteiger partial charge is 0.497 e. The predicted octanol–water partition coefficient (Wildman–Crippen LogP) is 5.36. The second kappa shape index (κ2) is 12.9. The van der Waals surface area contributed by atoms with E-state index in [4.69, 9.17) is 21.1 Å². The Morgan fingerprint density at radius 1 is 1.03 bits per heavy atom. The van der Waals surface area contributed by atoms with E-state index < -0.39 is 6.10 Å². The first-order chi connectivity index (χ1) is 14.7. The molecule has 33 heavy (non-hydrogen) atoms. The van der Waals surface area contributed by atoms with Crippen molar-refractivity contribution in [1.29, 1.82) is 0 Å². The van der Waals surface area contributed by atoms with Gasteiger partial charge in [0.05, 0.1) is 7.11 Å². The van der Waals surface area contributed by atoms with Crippen LogP contribution in [0, 0.1) is 6.92 Å². The lowest BCUT2D eigenvalue weighted by molar-refractivity contribution is 0.0656. The maximum absolute atomic E-state index is 10.6. The van der Waals surface area contributed by atoms with Gasteiger partial charge in [0.25, 0.3) is 0 Å². The van der Waals surface area contributed by atoms with Gasteiger partial charge in [0.15, 0.2) is 0 Å². The molecule has 0 radical (unpaired) electrons. The first kappa shape index (κ1) is 29.7. The Morgan fingerprint density at radius 2 is 1.70 bits per heavy atom. The van der Waals surface area contributed by atoms with Gasteiger partial charge in [0.1, 0.15) is 24.2 Å². The zero-order valence-corrected chi connectivity index (χ0v) is 22.5. The number of halogens is 3. The summed E-state index contributed by atoms with van der Waals surface area (Å²) in [4.78, 5) is 4.66. The number of methoxy groups -OCH3 is 1. The van der Waals surface area contributed by atoms with Gasteiger partial charge in [-0.25, -0.2) is 0 Å². The fraction of sp³-hybridized carbons (Fsp3) is 0.520. The van der Waals surface area contributed by atoms with Gasteiger partial charge in [0, 0.05) is 49.0 Å². The standard InChI is InChI=1S/C25H35ClN2O3.2ClH/c1-18-6-7-19(26)14-23(18)28-12-10-27(11-13-28)16-20(29)17-31-24-9-8-21(30-5)15-22(24)25(2,3)4;;/h6-9,14-15,20,29H,10-13,16-17H2,1-5H3;2*1H. The number of hydrogen-bond acceptors (Lipinski definition) is 5. The number of aryl methyl sites for hydroxylation is 1. The van der Waals surface area contributed by atoms with Gasteiger partial charge >= 0.3 is 0 Å². The van der Waals surface area contributed by atoms with Crippen molar-refractivity contribution >= 4 is 42.1 Å². The highest BCUT2D eigenvalue weighted by Crippen LogP contribution is 2.34. The number of anilines is 1. The summed E-state index contributed by atoms with van der Waals surface area (Å²) in [5, 5.41) is 11.4. The van der Waals surface area contributed by atoms with Crippen LogP contribution < -0.4 is 14.4 Å². The van der Waals surface area contributed by atoms with Crippen molar-refractivity contribution < 1.29 is 14.6 Å². The first-order valence-corrected chi connectivity index (χ1v) is 11.3. The maximum Gasteiger partial charge on any atom is 0.123 e. The van der Waals surface area contributed by atoms with Crippen LogP contribution in [0.25, 0.3) is 0 Å². The normalized spacial score (nSPS) is 15.3. The molecule has 2 aromatic rings. The van der Waals surface area contributed by atoms with E-state index in [9.17, 15) is 5.11 Å². The van der Waals surface area contributed by atoms with Crippen LogP contribution in [-0.2, 0) is 5.41 Å². The van der Waals surface area contributed by atoms with E-state index in [1.807, 2.05) is 30.3 Å². The van der Waals surface area contributed by atoms with E-state index >= 15 is 0 Å². The fourth-order valence-electron chi connectivity index (χ4n) is 3.98. The lowest BCUT2D eigenvalue weighted by Crippen LogP contribution is -2.49. The van der Waals surface area contributed by atoms with Crippen LogP contribution in [-0.4, -0.2) is 62.6 Å². The van der Waals surface area contributed by atoms with E-state index in [1.54, 1.807) is 7.11 Å². The van der Waals surface area contributed by atoms with Gasteiger partial charge in [-0.15, -0.1) is 24.8 Å². The molecule has 0 bridgehead atoms. The Hall–Kier alpha value is -1.37. The molecule has 1 heterocycles. The van der Waals surface area contributed by atoms with Crippen molar-refractivity contribution in [3.63, 3.8) is 0 Å². The third-order valence-electron chi connectivity index (χ3n) is 5.78. The Bertz CT molecular complexity index is 882. The summed E-state index contributed by atoms with van der Waals surface area (Å²) < 4.78 is 11.4. The number of piperazine rings is 1. The quantitative estimate of drug-likeness (QED) is 0.533. The number of β-amino-alcohol motifs (C(OH)–C–C–N with tert-alkyl or cyclic N) is 1. The van der Waals surface area contributed by atoms with E-state index in [0.29, 0.717) is 6.54 Å². The van der Waals surface area contributed by atoms with Crippen molar-refractivity contribution in [3.8, 4) is 11.5 Å². The lowest BCUT2D eigenvalue weighted by atomic mass is 9.86. The fourth-order valence-corrected chi connectivity index (χ4v) is 4.15. The number of aliphatic hydroxyl groups excluding tert-OH is 1. The Kier molecular flexibility index (Phi) is 11.6. The minimum atomic E-state index is -0.547. The van der Waals surface area contributed by atoms with Crippen LogP contribution in [0.5, 0.6) is 11.5 Å². The van der Waals surface area contributed by atoms with E-state index in [2.05, 4.69) is 43.6 Å². The molecule has 5 nitrogen and oxygen atoms in total. The first-order valence-electron chi connectivity index (χ1n) is 10.9. The van der Waals surface area contributed by atoms with Crippen LogP contribution in [0.3, 0.4) is 0 Å². The highest BCUT2D eigenvalue weighted by Gasteiger charge is 2.23. The molecule has 2 aromatic carbocycles. The molecule has 3 rings (SSSR count). The second-order valence-corrected chi connectivity index (χ2v) is 9.73. The lowest BCUT2D eigenvalue weighted by Gasteiger charge is -2.37. The number of aliphatic hydroxyl groups is 1. The molecule has 1 aliphatic rings. The predicted molar refractivity (Wildman–Crippen MR) is 143 cm³/mol. The van der Waals surface area contributed by atoms with Crippen LogP contribution in [0.1, 0.15) is 31.9 Å². The molecule has 1 saturated heterocycles. The molecular formula is C25H37Cl3N2O3. The molecular weight excluding hydrogens is 483 g/mol. The van der Waals surface area contributed by atoms with Gasteiger partial charge < -0.3 is 19.5 Å². The van der Waals surface area contributed by atoms with Gasteiger partial charge in [-0.05, 0) is 48.2 Å². The zero-order chi connectivity index (χ0) is 22.6. The van der Waals surface area contributed by atoms with Crippen molar-refractivity contribution in [1.82, 2.24) is 4.90 Å². The number of benzene rings is 2. The molecule has 0 aliphatic carbocycles. The Balaban J connectivity index is 0.00000272. The van der Waals surface area contributed by atoms with Gasteiger partial charge in [-0.1, -0.05) is 38.4 Å². The van der Waals surface area contributed by atoms with Crippen LogP contribution in [0.2, 0.25) is 5.02 Å². The Labute approximate surface area is 215 Å². The van der Waals surface area contributed by atoms with Gasteiger partial charge in [-0.2, -0.15) is 0 Å². The molecule has 1 fully saturated rings. The van der Waals surface area contributed by atoms with Crippen molar-refractivity contribution in [3.05, 3.63) is 52.5 Å². The average molecular weight is 520 g/mol. The van der Waals surface area contributed by atoms with Crippen LogP contribution >= 0.6 is 36.4 Å². The average Bonchev–Trinajstić information content (AvgIpc) is 2.74. The van der Waals surface area contributed by atoms with Crippen molar-refractivity contribution in [2.24, 2.45) is 0 Å². The second-order valence-electron chi connectivity index (χ2n) is 9.30. The van der Waals surface area contributed by atoms with Crippen LogP contribution in [0.15, 0.2) is 36.4 Å². The molecule has 0 saturated carbocycles. The summed E-state index contributed by atoms with van der Waals surface area (Å²) in [6.07, 6.45) is -0.547. The highest BCUT2D eigenvalue weighted by molar-refractivity contribution is 6.30. The van der Waals surface area contributed by atoms with Crippen LogP contribution in [0.4, 0.5) is 5.69 Å². The summed E-state index contributed by atoms with van der Waals surface area (Å²) in [7, 11) is 1.67. The number of ether oxygens (including phenoxy) is 2. The van der Waals surface area contributed by atoms with E-state index in [0.717, 1.165) is 48.3 Å². The minimum absolute atomic E-state index is 0. The SMILES string of the molecule is COc1ccc(OCC(O)CN2CCN(c3cc(Cl)ccc3C)CC2)c(C(C)(C)C)c1.Cl.Cl. The summed E-state index contributed by atoms with van der Waals surface area (Å²) in [6.45, 7) is 13.1. The van der Waals surface area contributed by atoms with Crippen molar-refractivity contribution in [2.45, 2.75) is 39.2 Å². The van der Waals surface area contributed by atoms with Crippen molar-refractivity contribution in [2.75, 3.05) is 51.3 Å². The van der Waals surface area contributed by atoms with E-state index in [1.165, 1.54) is 11.3 Å². The topological polar surface area (TPSA) is 45.2 Å². The van der Waals surface area contributed by atoms with Gasteiger partial charge in [-0.3, -0.25) is 4.90 Å². The number of rotatable bonds is 7. The third kappa shape index (κ3) is 8.11. The van der Waals surface area contributed by atoms with Gasteiger partial charge in [0.2, 0.25) is 0 Å². The molecule has 186 valence electrons. The zero-order valence-electron chi connectivity index (χ0n) is 20.1. The molecule has 0 amide bonds. The summed E-state index contributed by atoms with van der Waals surface area (Å²) in [5.41, 5.74) is 3.43. The molecule has 0 aromatic heterocycles. The highest BCUT2D eigenvalue weighted by atomic mass is 35.5. The minimum Gasteiger partial charge on any atom is -0.497 e. The molecule has 8 heteroatoms. The smallest absolute Gasteiger partial charge is 0.123 e.